The summed E-state index contributed by atoms with van der Waals surface area (Å²) in [6.07, 6.45) is -5.04. The topological polar surface area (TPSA) is 78.0 Å². The highest BCUT2D eigenvalue weighted by atomic mass is 32.1. The van der Waals surface area contributed by atoms with Crippen LogP contribution in [0.2, 0.25) is 0 Å². The number of alkyl halides is 3. The Labute approximate surface area is 198 Å². The lowest BCUT2D eigenvalue weighted by atomic mass is 9.73. The van der Waals surface area contributed by atoms with Gasteiger partial charge in [-0.05, 0) is 20.0 Å². The molecule has 0 bridgehead atoms. The van der Waals surface area contributed by atoms with Crippen LogP contribution in [-0.4, -0.2) is 86.3 Å². The molecule has 8 nitrogen and oxygen atoms in total. The average Bonchev–Trinajstić information content (AvgIpc) is 3.11. The zero-order valence-electron chi connectivity index (χ0n) is 19.1. The van der Waals surface area contributed by atoms with Crippen LogP contribution in [0.1, 0.15) is 22.8 Å². The largest absolute Gasteiger partial charge is 0.446 e. The number of nitrogens with zero attached hydrogens (tertiary/aromatic N) is 4. The average molecular weight is 498 g/mol. The third-order valence-corrected chi connectivity index (χ3v) is 8.02. The molecule has 2 amide bonds. The molecule has 3 aliphatic rings. The number of hydrogen-bond acceptors (Lipinski definition) is 7. The number of pyridine rings is 1. The molecule has 2 aromatic rings. The molecule has 1 atom stereocenters. The Hall–Kier alpha value is -2.60. The van der Waals surface area contributed by atoms with Crippen LogP contribution in [0.3, 0.4) is 0 Å². The zero-order valence-corrected chi connectivity index (χ0v) is 19.9. The summed E-state index contributed by atoms with van der Waals surface area (Å²) >= 11 is 0.866. The van der Waals surface area contributed by atoms with Crippen molar-refractivity contribution in [3.63, 3.8) is 0 Å². The van der Waals surface area contributed by atoms with Crippen molar-refractivity contribution in [2.24, 2.45) is 11.3 Å². The third kappa shape index (κ3) is 3.86. The maximum atomic E-state index is 13.8. The Morgan fingerprint density at radius 1 is 1.26 bits per heavy atom. The summed E-state index contributed by atoms with van der Waals surface area (Å²) in [5.74, 6) is 0.0711. The SMILES string of the molecule is CNC(=O)c1csc2c(C(F)(F)F)cc(N3CC4(CN(C(=O)OC(C)C5CN(C)C5)C4)C3)nc12. The van der Waals surface area contributed by atoms with Gasteiger partial charge in [0.2, 0.25) is 0 Å². The molecule has 12 heteroatoms. The molecule has 5 heterocycles. The Morgan fingerprint density at radius 3 is 2.53 bits per heavy atom. The van der Waals surface area contributed by atoms with Crippen molar-refractivity contribution < 1.29 is 27.5 Å². The fraction of sp³-hybridized carbons (Fsp3) is 0.591. The molecular weight excluding hydrogens is 471 g/mol. The van der Waals surface area contributed by atoms with Crippen LogP contribution in [0.25, 0.3) is 10.2 Å². The first-order valence-corrected chi connectivity index (χ1v) is 12.0. The van der Waals surface area contributed by atoms with Gasteiger partial charge in [0.1, 0.15) is 11.9 Å². The van der Waals surface area contributed by atoms with Crippen LogP contribution >= 0.6 is 11.3 Å². The van der Waals surface area contributed by atoms with Crippen molar-refractivity contribution in [1.29, 1.82) is 0 Å². The van der Waals surface area contributed by atoms with Gasteiger partial charge in [-0.25, -0.2) is 9.78 Å². The number of nitrogens with one attached hydrogen (secondary N) is 1. The van der Waals surface area contributed by atoms with Gasteiger partial charge in [-0.1, -0.05) is 0 Å². The summed E-state index contributed by atoms with van der Waals surface area (Å²) in [6, 6.07) is 1.06. The van der Waals surface area contributed by atoms with Crippen LogP contribution in [-0.2, 0) is 10.9 Å². The normalized spacial score (nSPS) is 21.1. The molecule has 5 rings (SSSR count). The molecule has 1 N–H and O–H groups in total. The summed E-state index contributed by atoms with van der Waals surface area (Å²) in [7, 11) is 3.45. The summed E-state index contributed by atoms with van der Waals surface area (Å²) in [6.45, 7) is 5.75. The van der Waals surface area contributed by atoms with Crippen LogP contribution < -0.4 is 10.2 Å². The van der Waals surface area contributed by atoms with E-state index in [-0.39, 0.29) is 39.2 Å². The van der Waals surface area contributed by atoms with E-state index in [2.05, 4.69) is 15.2 Å². The fourth-order valence-electron chi connectivity index (χ4n) is 5.06. The Bertz CT molecular complexity index is 1130. The summed E-state index contributed by atoms with van der Waals surface area (Å²) < 4.78 is 46.8. The van der Waals surface area contributed by atoms with Gasteiger partial charge in [-0.15, -0.1) is 11.3 Å². The highest BCUT2D eigenvalue weighted by molar-refractivity contribution is 7.17. The molecule has 3 saturated heterocycles. The zero-order chi connectivity index (χ0) is 24.4. The van der Waals surface area contributed by atoms with E-state index in [1.54, 1.807) is 9.80 Å². The number of hydrogen-bond donors (Lipinski definition) is 1. The van der Waals surface area contributed by atoms with Gasteiger partial charge in [-0.2, -0.15) is 13.2 Å². The van der Waals surface area contributed by atoms with Crippen molar-refractivity contribution >= 4 is 39.4 Å². The standard InChI is InChI=1S/C22H26F3N5O3S/c1-12(13-5-28(3)6-13)33-20(32)30-10-21(11-30)8-29(9-21)16-4-15(22(23,24)25)18-17(27-16)14(7-34-18)19(31)26-2/h4,7,12-13H,5-6,8-11H2,1-3H3,(H,26,31). The smallest absolute Gasteiger partial charge is 0.417 e. The second kappa shape index (κ2) is 7.98. The number of thiophene rings is 1. The molecule has 0 saturated carbocycles. The Kier molecular flexibility index (Phi) is 5.43. The molecule has 0 radical (unpaired) electrons. The molecule has 184 valence electrons. The van der Waals surface area contributed by atoms with E-state index in [1.165, 1.54) is 12.4 Å². The highest BCUT2D eigenvalue weighted by Gasteiger charge is 2.54. The van der Waals surface area contributed by atoms with Gasteiger partial charge in [0.25, 0.3) is 5.91 Å². The van der Waals surface area contributed by atoms with E-state index < -0.39 is 17.6 Å². The van der Waals surface area contributed by atoms with E-state index in [4.69, 9.17) is 4.74 Å². The Balaban J connectivity index is 1.26. The number of carbonyl (C=O) groups excluding carboxylic acids is 2. The number of anilines is 1. The second-order valence-corrected chi connectivity index (χ2v) is 10.6. The van der Waals surface area contributed by atoms with Crippen molar-refractivity contribution in [2.45, 2.75) is 19.2 Å². The molecule has 0 aromatic carbocycles. The maximum Gasteiger partial charge on any atom is 0.417 e. The molecule has 34 heavy (non-hydrogen) atoms. The van der Waals surface area contributed by atoms with Crippen molar-refractivity contribution in [3.05, 3.63) is 22.6 Å². The lowest BCUT2D eigenvalue weighted by Crippen LogP contribution is -2.73. The predicted molar refractivity (Wildman–Crippen MR) is 121 cm³/mol. The molecule has 3 aliphatic heterocycles. The first-order chi connectivity index (χ1) is 16.0. The number of rotatable bonds is 4. The van der Waals surface area contributed by atoms with Gasteiger partial charge in [0.15, 0.2) is 0 Å². The molecule has 3 fully saturated rings. The lowest BCUT2D eigenvalue weighted by Gasteiger charge is -2.60. The predicted octanol–water partition coefficient (Wildman–Crippen LogP) is 2.88. The van der Waals surface area contributed by atoms with Crippen molar-refractivity contribution in [3.8, 4) is 0 Å². The van der Waals surface area contributed by atoms with Crippen LogP contribution in [0.5, 0.6) is 0 Å². The van der Waals surface area contributed by atoms with Crippen LogP contribution in [0.15, 0.2) is 11.4 Å². The molecular formula is C22H26F3N5O3S. The molecule has 2 aromatic heterocycles. The van der Waals surface area contributed by atoms with E-state index in [9.17, 15) is 22.8 Å². The number of carbonyl (C=O) groups is 2. The van der Waals surface area contributed by atoms with Gasteiger partial charge >= 0.3 is 12.3 Å². The van der Waals surface area contributed by atoms with Crippen molar-refractivity contribution in [1.82, 2.24) is 20.1 Å². The summed E-state index contributed by atoms with van der Waals surface area (Å²) in [5.41, 5.74) is -0.756. The Morgan fingerprint density at radius 2 is 1.94 bits per heavy atom. The van der Waals surface area contributed by atoms with Gasteiger partial charge in [0.05, 0.1) is 21.3 Å². The minimum absolute atomic E-state index is 0.0468. The van der Waals surface area contributed by atoms with Gasteiger partial charge in [-0.3, -0.25) is 4.79 Å². The van der Waals surface area contributed by atoms with Crippen LogP contribution in [0, 0.1) is 11.3 Å². The van der Waals surface area contributed by atoms with E-state index in [0.29, 0.717) is 32.1 Å². The number of fused-ring (bicyclic) bond motifs is 1. The van der Waals surface area contributed by atoms with E-state index in [1.807, 2.05) is 14.0 Å². The van der Waals surface area contributed by atoms with Crippen molar-refractivity contribution in [2.75, 3.05) is 58.3 Å². The molecule has 1 unspecified atom stereocenters. The molecule has 0 aliphatic carbocycles. The maximum absolute atomic E-state index is 13.8. The number of halogens is 3. The number of aromatic nitrogens is 1. The van der Waals surface area contributed by atoms with E-state index >= 15 is 0 Å². The van der Waals surface area contributed by atoms with Crippen LogP contribution in [0.4, 0.5) is 23.8 Å². The van der Waals surface area contributed by atoms with Gasteiger partial charge < -0.3 is 24.8 Å². The third-order valence-electron chi connectivity index (χ3n) is 7.02. The first kappa shape index (κ1) is 23.2. The molecule has 1 spiro atoms. The summed E-state index contributed by atoms with van der Waals surface area (Å²) in [4.78, 5) is 34.6. The lowest BCUT2D eigenvalue weighted by molar-refractivity contribution is -0.136. The van der Waals surface area contributed by atoms with Gasteiger partial charge in [0, 0.05) is 63.0 Å². The quantitative estimate of drug-likeness (QED) is 0.700. The first-order valence-electron chi connectivity index (χ1n) is 11.1. The second-order valence-electron chi connectivity index (χ2n) is 9.71. The highest BCUT2D eigenvalue weighted by Crippen LogP contribution is 2.45. The monoisotopic (exact) mass is 497 g/mol. The van der Waals surface area contributed by atoms with E-state index in [0.717, 1.165) is 30.5 Å². The fourth-order valence-corrected chi connectivity index (χ4v) is 6.08. The summed E-state index contributed by atoms with van der Waals surface area (Å²) in [5, 5.41) is 3.86. The number of ether oxygens (including phenoxy) is 1. The number of amides is 2. The minimum Gasteiger partial charge on any atom is -0.446 e. The minimum atomic E-state index is -4.56. The number of likely N-dealkylation sites (tertiary alicyclic amines) is 2.